The first-order valence-electron chi connectivity index (χ1n) is 10.1. The van der Waals surface area contributed by atoms with Crippen molar-refractivity contribution >= 4 is 34.1 Å². The van der Waals surface area contributed by atoms with Crippen molar-refractivity contribution in [2.24, 2.45) is 11.5 Å². The van der Waals surface area contributed by atoms with Crippen LogP contribution in [-0.4, -0.2) is 34.5 Å². The summed E-state index contributed by atoms with van der Waals surface area (Å²) in [5, 5.41) is 9.97. The third-order valence-corrected chi connectivity index (χ3v) is 5.07. The lowest BCUT2D eigenvalue weighted by Crippen LogP contribution is -2.22. The molecule has 1 fully saturated rings. The maximum absolute atomic E-state index is 10.9. The fourth-order valence-corrected chi connectivity index (χ4v) is 3.62. The van der Waals surface area contributed by atoms with E-state index < -0.39 is 5.97 Å². The summed E-state index contributed by atoms with van der Waals surface area (Å²) >= 11 is 0. The number of aliphatic carboxylic acids is 1. The van der Waals surface area contributed by atoms with Crippen molar-refractivity contribution in [3.8, 4) is 0 Å². The molecule has 1 aliphatic carbocycles. The summed E-state index contributed by atoms with van der Waals surface area (Å²) in [5.41, 5.74) is 13.4. The summed E-state index contributed by atoms with van der Waals surface area (Å²) < 4.78 is 2.28. The molecule has 0 aliphatic heterocycles. The number of nitrogens with two attached hydrogens (primary N) is 2. The highest BCUT2D eigenvalue weighted by molar-refractivity contribution is 6.09. The van der Waals surface area contributed by atoms with Crippen LogP contribution >= 0.6 is 0 Å². The Morgan fingerprint density at radius 3 is 2.24 bits per heavy atom. The zero-order valence-corrected chi connectivity index (χ0v) is 17.0. The average Bonchev–Trinajstić information content (AvgIpc) is 3.08. The van der Waals surface area contributed by atoms with E-state index in [1.807, 2.05) is 30.3 Å². The Labute approximate surface area is 171 Å². The van der Waals surface area contributed by atoms with Gasteiger partial charge >= 0.3 is 5.97 Å². The summed E-state index contributed by atoms with van der Waals surface area (Å²) in [7, 11) is 0. The normalized spacial score (nSPS) is 13.9. The Morgan fingerprint density at radius 2 is 1.72 bits per heavy atom. The Hall–Kier alpha value is -2.70. The first-order valence-corrected chi connectivity index (χ1v) is 10.1. The summed E-state index contributed by atoms with van der Waals surface area (Å²) in [6.45, 7) is 2.80. The van der Waals surface area contributed by atoms with Crippen molar-refractivity contribution in [2.45, 2.75) is 51.6 Å². The minimum absolute atomic E-state index is 0.278. The van der Waals surface area contributed by atoms with E-state index in [4.69, 9.17) is 10.8 Å². The van der Waals surface area contributed by atoms with E-state index in [2.05, 4.69) is 29.4 Å². The number of aryl methyl sites for hydroxylation is 1. The van der Waals surface area contributed by atoms with Gasteiger partial charge in [0.25, 0.3) is 0 Å². The van der Waals surface area contributed by atoms with Crippen LogP contribution in [0.2, 0.25) is 0 Å². The molecular formula is C23H31N3O3. The van der Waals surface area contributed by atoms with Gasteiger partial charge in [0.2, 0.25) is 0 Å². The third kappa shape index (κ3) is 6.14. The van der Waals surface area contributed by atoms with Gasteiger partial charge in [-0.3, -0.25) is 9.59 Å². The second-order valence-electron chi connectivity index (χ2n) is 7.15. The molecule has 0 spiro atoms. The molecule has 4 rings (SSSR count). The third-order valence-electron chi connectivity index (χ3n) is 5.07. The fraction of sp³-hybridized carbons (Fsp3) is 0.391. The number of fused-ring (bicyclic) bond motifs is 3. The minimum atomic E-state index is -0.968. The van der Waals surface area contributed by atoms with Crippen LogP contribution in [0.3, 0.4) is 0 Å². The molecule has 1 heterocycles. The summed E-state index contributed by atoms with van der Waals surface area (Å²) in [5.74, 6) is -0.968. The van der Waals surface area contributed by atoms with E-state index in [9.17, 15) is 9.59 Å². The van der Waals surface area contributed by atoms with E-state index in [1.54, 1.807) is 0 Å². The first kappa shape index (κ1) is 22.6. The van der Waals surface area contributed by atoms with Crippen LogP contribution < -0.4 is 11.5 Å². The molecule has 6 heteroatoms. The Morgan fingerprint density at radius 1 is 1.10 bits per heavy atom. The molecule has 0 unspecified atom stereocenters. The van der Waals surface area contributed by atoms with Gasteiger partial charge in [-0.25, -0.2) is 0 Å². The van der Waals surface area contributed by atoms with Crippen LogP contribution in [0.25, 0.3) is 21.8 Å². The lowest BCUT2D eigenvalue weighted by atomic mass is 9.97. The first-order chi connectivity index (χ1) is 14.0. The number of aromatic nitrogens is 1. The molecule has 1 aliphatic rings. The van der Waals surface area contributed by atoms with Gasteiger partial charge in [-0.1, -0.05) is 37.5 Å². The summed E-state index contributed by atoms with van der Waals surface area (Å²) in [6, 6.07) is 14.7. The maximum atomic E-state index is 10.9. The van der Waals surface area contributed by atoms with Gasteiger partial charge < -0.3 is 21.1 Å². The summed E-state index contributed by atoms with van der Waals surface area (Å²) in [6.07, 6.45) is 7.56. The fourth-order valence-electron chi connectivity index (χ4n) is 3.62. The molecule has 1 saturated carbocycles. The molecule has 0 saturated heterocycles. The van der Waals surface area contributed by atoms with Gasteiger partial charge in [-0.15, -0.1) is 0 Å². The lowest BCUT2D eigenvalue weighted by molar-refractivity contribution is -0.135. The molecule has 6 nitrogen and oxygen atoms in total. The summed E-state index contributed by atoms with van der Waals surface area (Å²) in [4.78, 5) is 20.1. The van der Waals surface area contributed by atoms with Crippen LogP contribution in [0.4, 0.5) is 0 Å². The SMILES string of the molecule is CCn1c2ccccc2c2cc(C=O)ccc21.NC1CCCCC1.NCC(=O)O. The zero-order valence-electron chi connectivity index (χ0n) is 17.0. The number of carbonyl (C=O) groups is 2. The number of carboxylic acid groups (broad SMARTS) is 1. The molecule has 0 amide bonds. The standard InChI is InChI=1S/C15H13NO.C6H13N.C2H5NO2/c1-2-16-14-6-4-3-5-12(14)13-9-11(10-17)7-8-15(13)16;7-6-4-2-1-3-5-6;3-1-2(4)5/h3-10H,2H2,1H3;6H,1-5,7H2;1,3H2,(H,4,5). The average molecular weight is 398 g/mol. The zero-order chi connectivity index (χ0) is 21.2. The number of rotatable bonds is 3. The van der Waals surface area contributed by atoms with Crippen molar-refractivity contribution in [1.29, 1.82) is 0 Å². The van der Waals surface area contributed by atoms with Crippen molar-refractivity contribution in [3.63, 3.8) is 0 Å². The van der Waals surface area contributed by atoms with Crippen molar-refractivity contribution in [2.75, 3.05) is 6.54 Å². The largest absolute Gasteiger partial charge is 0.480 e. The minimum Gasteiger partial charge on any atom is -0.480 e. The van der Waals surface area contributed by atoms with Crippen LogP contribution in [0.15, 0.2) is 42.5 Å². The molecular weight excluding hydrogens is 366 g/mol. The molecule has 0 atom stereocenters. The van der Waals surface area contributed by atoms with Gasteiger partial charge in [0.1, 0.15) is 6.29 Å². The molecule has 0 radical (unpaired) electrons. The number of carbonyl (C=O) groups excluding carboxylic acids is 1. The van der Waals surface area contributed by atoms with Gasteiger partial charge in [0.15, 0.2) is 0 Å². The van der Waals surface area contributed by atoms with Crippen molar-refractivity contribution in [1.82, 2.24) is 4.57 Å². The molecule has 1 aromatic heterocycles. The number of nitrogens with zero attached hydrogens (tertiary/aromatic N) is 1. The van der Waals surface area contributed by atoms with E-state index in [0.717, 1.165) is 23.8 Å². The maximum Gasteiger partial charge on any atom is 0.317 e. The smallest absolute Gasteiger partial charge is 0.317 e. The Balaban J connectivity index is 0.000000207. The van der Waals surface area contributed by atoms with Crippen molar-refractivity contribution in [3.05, 3.63) is 48.0 Å². The number of hydrogen-bond donors (Lipinski definition) is 3. The Kier molecular flexibility index (Phi) is 8.83. The molecule has 5 N–H and O–H groups in total. The Bertz CT molecular complexity index is 943. The predicted octanol–water partition coefficient (Wildman–Crippen LogP) is 3.93. The van der Waals surface area contributed by atoms with E-state index >= 15 is 0 Å². The number of aldehydes is 1. The molecule has 3 aromatic rings. The number of hydrogen-bond acceptors (Lipinski definition) is 4. The van der Waals surface area contributed by atoms with Gasteiger partial charge in [0, 0.05) is 40.0 Å². The quantitative estimate of drug-likeness (QED) is 0.580. The molecule has 29 heavy (non-hydrogen) atoms. The van der Waals surface area contributed by atoms with Crippen LogP contribution in [0.5, 0.6) is 0 Å². The van der Waals surface area contributed by atoms with Crippen molar-refractivity contribution < 1.29 is 14.7 Å². The van der Waals surface area contributed by atoms with Crippen LogP contribution in [-0.2, 0) is 11.3 Å². The van der Waals surface area contributed by atoms with E-state index in [-0.39, 0.29) is 6.54 Å². The van der Waals surface area contributed by atoms with Gasteiger partial charge in [0.05, 0.1) is 6.54 Å². The lowest BCUT2D eigenvalue weighted by Gasteiger charge is -2.15. The number of para-hydroxylation sites is 1. The van der Waals surface area contributed by atoms with Gasteiger partial charge in [-0.2, -0.15) is 0 Å². The topological polar surface area (TPSA) is 111 Å². The highest BCUT2D eigenvalue weighted by Gasteiger charge is 2.09. The second kappa shape index (κ2) is 11.3. The number of carboxylic acids is 1. The monoisotopic (exact) mass is 397 g/mol. The highest BCUT2D eigenvalue weighted by Crippen LogP contribution is 2.29. The van der Waals surface area contributed by atoms with Crippen LogP contribution in [0, 0.1) is 0 Å². The van der Waals surface area contributed by atoms with Crippen LogP contribution in [0.1, 0.15) is 49.4 Å². The predicted molar refractivity (Wildman–Crippen MR) is 118 cm³/mol. The number of benzene rings is 2. The molecule has 2 aromatic carbocycles. The molecule has 0 bridgehead atoms. The van der Waals surface area contributed by atoms with E-state index in [0.29, 0.717) is 6.04 Å². The van der Waals surface area contributed by atoms with Gasteiger partial charge in [-0.05, 0) is 44.0 Å². The van der Waals surface area contributed by atoms with E-state index in [1.165, 1.54) is 48.5 Å². The molecule has 156 valence electrons. The second-order valence-corrected chi connectivity index (χ2v) is 7.15. The highest BCUT2D eigenvalue weighted by atomic mass is 16.4.